The first-order chi connectivity index (χ1) is 15.0. The molecule has 0 bridgehead atoms. The van der Waals surface area contributed by atoms with Gasteiger partial charge in [0.2, 0.25) is 0 Å². The number of H-pyrrole nitrogens is 1. The number of benzene rings is 2. The highest BCUT2D eigenvalue weighted by atomic mass is 16.5. The van der Waals surface area contributed by atoms with Crippen LogP contribution in [0.3, 0.4) is 0 Å². The van der Waals surface area contributed by atoms with Gasteiger partial charge in [0.25, 0.3) is 0 Å². The molecule has 0 unspecified atom stereocenters. The molecule has 156 valence electrons. The minimum Gasteiger partial charge on any atom is -0.461 e. The number of carbonyl (C=O) groups is 2. The molecule has 0 saturated heterocycles. The monoisotopic (exact) mass is 419 g/mol. The molecule has 0 spiro atoms. The Morgan fingerprint density at radius 3 is 2.58 bits per heavy atom. The molecule has 10 heteroatoms. The van der Waals surface area contributed by atoms with Crippen LogP contribution in [0.4, 0.5) is 16.2 Å². The van der Waals surface area contributed by atoms with Gasteiger partial charge in [-0.25, -0.2) is 24.4 Å². The maximum Gasteiger partial charge on any atom is 0.417 e. The number of carbonyl (C=O) groups excluding carboxylic acids is 2. The fourth-order valence-corrected chi connectivity index (χ4v) is 2.84. The van der Waals surface area contributed by atoms with Crippen molar-refractivity contribution in [1.29, 1.82) is 0 Å². The molecule has 4 rings (SSSR count). The molecule has 3 N–H and O–H groups in total. The van der Waals surface area contributed by atoms with Gasteiger partial charge >= 0.3 is 17.8 Å². The molecule has 0 atom stereocenters. The highest BCUT2D eigenvalue weighted by molar-refractivity contribution is 6.00. The van der Waals surface area contributed by atoms with Gasteiger partial charge in [0.05, 0.1) is 12.1 Å². The maximum atomic E-state index is 12.3. The van der Waals surface area contributed by atoms with E-state index < -0.39 is 17.8 Å². The molecular weight excluding hydrogens is 402 g/mol. The summed E-state index contributed by atoms with van der Waals surface area (Å²) in [4.78, 5) is 46.2. The van der Waals surface area contributed by atoms with Gasteiger partial charge in [-0.05, 0) is 49.4 Å². The molecule has 0 aliphatic rings. The average Bonchev–Trinajstić information content (AvgIpc) is 3.14. The summed E-state index contributed by atoms with van der Waals surface area (Å²) in [6, 6.07) is 12.7. The van der Waals surface area contributed by atoms with Crippen molar-refractivity contribution >= 4 is 34.5 Å². The van der Waals surface area contributed by atoms with E-state index in [9.17, 15) is 14.4 Å². The topological polar surface area (TPSA) is 139 Å². The van der Waals surface area contributed by atoms with E-state index >= 15 is 0 Å². The molecule has 2 aromatic carbocycles. The fraction of sp³-hybridized carbons (Fsp3) is 0.0952. The molecule has 0 aliphatic heterocycles. The summed E-state index contributed by atoms with van der Waals surface area (Å²) in [7, 11) is 0. The zero-order valence-corrected chi connectivity index (χ0v) is 16.3. The van der Waals surface area contributed by atoms with E-state index in [0.29, 0.717) is 33.9 Å². The van der Waals surface area contributed by atoms with Crippen LogP contribution in [0.15, 0.2) is 63.9 Å². The van der Waals surface area contributed by atoms with Crippen molar-refractivity contribution in [3.63, 3.8) is 0 Å². The van der Waals surface area contributed by atoms with Crippen molar-refractivity contribution in [1.82, 2.24) is 15.0 Å². The lowest BCUT2D eigenvalue weighted by Gasteiger charge is -2.08. The molecule has 0 saturated carbocycles. The Morgan fingerprint density at radius 1 is 1.06 bits per heavy atom. The summed E-state index contributed by atoms with van der Waals surface area (Å²) < 4.78 is 9.93. The Morgan fingerprint density at radius 2 is 1.81 bits per heavy atom. The van der Waals surface area contributed by atoms with Gasteiger partial charge < -0.3 is 19.8 Å². The van der Waals surface area contributed by atoms with Gasteiger partial charge in [0, 0.05) is 29.2 Å². The first-order valence-corrected chi connectivity index (χ1v) is 9.33. The van der Waals surface area contributed by atoms with Crippen LogP contribution in [0.1, 0.15) is 17.4 Å². The van der Waals surface area contributed by atoms with Crippen LogP contribution in [-0.2, 0) is 4.74 Å². The SMILES string of the molecule is CCOC(=O)c1ccnc(-c2ccc(NC(=O)Nc3ccc4[nH]c(=O)oc4c3)cc2)n1. The molecule has 4 aromatic rings. The number of nitrogens with one attached hydrogen (secondary N) is 3. The number of rotatable bonds is 5. The van der Waals surface area contributed by atoms with Gasteiger partial charge in [0.15, 0.2) is 17.1 Å². The van der Waals surface area contributed by atoms with Gasteiger partial charge in [-0.15, -0.1) is 0 Å². The maximum absolute atomic E-state index is 12.3. The van der Waals surface area contributed by atoms with Crippen molar-refractivity contribution in [3.05, 3.63) is 71.0 Å². The first-order valence-electron chi connectivity index (χ1n) is 9.33. The molecule has 2 heterocycles. The highest BCUT2D eigenvalue weighted by Gasteiger charge is 2.11. The Hall–Kier alpha value is -4.47. The molecular formula is C21H17N5O5. The molecule has 31 heavy (non-hydrogen) atoms. The summed E-state index contributed by atoms with van der Waals surface area (Å²) in [5.74, 6) is -0.713. The zero-order chi connectivity index (χ0) is 21.8. The summed E-state index contributed by atoms with van der Waals surface area (Å²) in [5, 5.41) is 5.37. The molecule has 2 amide bonds. The number of nitrogens with zero attached hydrogens (tertiary/aromatic N) is 2. The van der Waals surface area contributed by atoms with Crippen molar-refractivity contribution in [2.24, 2.45) is 0 Å². The molecule has 0 fully saturated rings. The Kier molecular flexibility index (Phi) is 5.43. The Bertz CT molecular complexity index is 1310. The van der Waals surface area contributed by atoms with Crippen molar-refractivity contribution in [2.45, 2.75) is 6.92 Å². The van der Waals surface area contributed by atoms with Gasteiger partial charge in [-0.1, -0.05) is 0 Å². The number of hydrogen-bond donors (Lipinski definition) is 3. The number of amides is 2. The Balaban J connectivity index is 1.43. The summed E-state index contributed by atoms with van der Waals surface area (Å²) in [5.41, 5.74) is 2.73. The third kappa shape index (κ3) is 4.58. The first kappa shape index (κ1) is 19.8. The normalized spacial score (nSPS) is 10.6. The lowest BCUT2D eigenvalue weighted by Crippen LogP contribution is -2.19. The van der Waals surface area contributed by atoms with Crippen molar-refractivity contribution < 1.29 is 18.7 Å². The average molecular weight is 419 g/mol. The number of anilines is 2. The fourth-order valence-electron chi connectivity index (χ4n) is 2.84. The minimum atomic E-state index is -0.562. The number of fused-ring (bicyclic) bond motifs is 1. The number of hydrogen-bond acceptors (Lipinski definition) is 7. The van der Waals surface area contributed by atoms with E-state index in [0.717, 1.165) is 0 Å². The molecule has 10 nitrogen and oxygen atoms in total. The number of aromatic amines is 1. The van der Waals surface area contributed by atoms with E-state index in [1.54, 1.807) is 49.4 Å². The highest BCUT2D eigenvalue weighted by Crippen LogP contribution is 2.20. The minimum absolute atomic E-state index is 0.170. The third-order valence-corrected chi connectivity index (χ3v) is 4.22. The zero-order valence-electron chi connectivity index (χ0n) is 16.3. The van der Waals surface area contributed by atoms with Crippen LogP contribution < -0.4 is 16.4 Å². The second-order valence-corrected chi connectivity index (χ2v) is 6.37. The van der Waals surface area contributed by atoms with Crippen LogP contribution in [0.2, 0.25) is 0 Å². The van der Waals surface area contributed by atoms with E-state index in [2.05, 4.69) is 25.6 Å². The predicted molar refractivity (Wildman–Crippen MR) is 113 cm³/mol. The molecule has 0 aliphatic carbocycles. The summed E-state index contributed by atoms with van der Waals surface area (Å²) >= 11 is 0. The van der Waals surface area contributed by atoms with Crippen molar-refractivity contribution in [3.8, 4) is 11.4 Å². The van der Waals surface area contributed by atoms with Gasteiger partial charge in [0.1, 0.15) is 0 Å². The number of esters is 1. The lowest BCUT2D eigenvalue weighted by molar-refractivity contribution is 0.0519. The van der Waals surface area contributed by atoms with Gasteiger partial charge in [-0.2, -0.15) is 0 Å². The summed E-state index contributed by atoms with van der Waals surface area (Å²) in [6.45, 7) is 1.98. The third-order valence-electron chi connectivity index (χ3n) is 4.22. The van der Waals surface area contributed by atoms with Crippen LogP contribution in [0.5, 0.6) is 0 Å². The van der Waals surface area contributed by atoms with Crippen LogP contribution >= 0.6 is 0 Å². The summed E-state index contributed by atoms with van der Waals surface area (Å²) in [6.07, 6.45) is 1.48. The Labute approximate surface area is 175 Å². The van der Waals surface area contributed by atoms with E-state index in [1.807, 2.05) is 0 Å². The molecule has 0 radical (unpaired) electrons. The lowest BCUT2D eigenvalue weighted by atomic mass is 10.2. The number of urea groups is 1. The van der Waals surface area contributed by atoms with Crippen LogP contribution in [-0.4, -0.2) is 33.6 Å². The predicted octanol–water partition coefficient (Wildman–Crippen LogP) is 3.40. The van der Waals surface area contributed by atoms with Gasteiger partial charge in [-0.3, -0.25) is 4.98 Å². The van der Waals surface area contributed by atoms with E-state index in [-0.39, 0.29) is 12.3 Å². The molecule has 2 aromatic heterocycles. The smallest absolute Gasteiger partial charge is 0.417 e. The number of oxazole rings is 1. The number of ether oxygens (including phenoxy) is 1. The largest absolute Gasteiger partial charge is 0.461 e. The van der Waals surface area contributed by atoms with Crippen LogP contribution in [0.25, 0.3) is 22.5 Å². The standard InChI is InChI=1S/C21H17N5O5/c1-2-30-19(27)16-9-10-22-18(25-16)12-3-5-13(6-4-12)23-20(28)24-14-7-8-15-17(11-14)31-21(29)26-15/h3-11H,2H2,1H3,(H,26,29)(H2,23,24,28). The van der Waals surface area contributed by atoms with E-state index in [1.165, 1.54) is 12.3 Å². The second-order valence-electron chi connectivity index (χ2n) is 6.37. The quantitative estimate of drug-likeness (QED) is 0.421. The van der Waals surface area contributed by atoms with Crippen molar-refractivity contribution in [2.75, 3.05) is 17.2 Å². The number of aromatic nitrogens is 3. The second kappa shape index (κ2) is 8.49. The van der Waals surface area contributed by atoms with Crippen LogP contribution in [0, 0.1) is 0 Å². The van der Waals surface area contributed by atoms with E-state index in [4.69, 9.17) is 9.15 Å².